The highest BCUT2D eigenvalue weighted by atomic mass is 17.3. The maximum atomic E-state index is 10.4. The molecule has 4 saturated heterocycles. The Balaban J connectivity index is 1.67. The van der Waals surface area contributed by atoms with Gasteiger partial charge in [0.05, 0.1) is 12.2 Å². The van der Waals surface area contributed by atoms with Crippen molar-refractivity contribution in [3.8, 4) is 0 Å². The molecule has 0 radical (unpaired) electrons. The third-order valence-electron chi connectivity index (χ3n) is 7.54. The molecule has 5 rings (SSSR count). The summed E-state index contributed by atoms with van der Waals surface area (Å²) in [6.07, 6.45) is 4.12. The van der Waals surface area contributed by atoms with E-state index in [1.807, 2.05) is 6.92 Å². The van der Waals surface area contributed by atoms with Gasteiger partial charge in [-0.3, -0.25) is 0 Å². The van der Waals surface area contributed by atoms with Crippen molar-refractivity contribution in [3.63, 3.8) is 0 Å². The van der Waals surface area contributed by atoms with E-state index in [2.05, 4.69) is 27.7 Å². The lowest BCUT2D eigenvalue weighted by atomic mass is 9.57. The van der Waals surface area contributed by atoms with Crippen molar-refractivity contribution in [3.05, 3.63) is 0 Å². The zero-order valence-corrected chi connectivity index (χ0v) is 16.2. The van der Waals surface area contributed by atoms with Crippen LogP contribution in [-0.4, -0.2) is 35.0 Å². The minimum Gasteiger partial charge on any atom is -0.393 e. The molecule has 1 N–H and O–H groups in total. The van der Waals surface area contributed by atoms with Crippen molar-refractivity contribution in [2.75, 3.05) is 0 Å². The van der Waals surface area contributed by atoms with Gasteiger partial charge in [0.15, 0.2) is 11.9 Å². The summed E-state index contributed by atoms with van der Waals surface area (Å²) >= 11 is 0. The van der Waals surface area contributed by atoms with Crippen LogP contribution in [0, 0.1) is 29.6 Å². The number of hydrogen-bond donors (Lipinski definition) is 1. The zero-order chi connectivity index (χ0) is 18.0. The standard InChI is InChI=1S/C20H34O5/c1-11(2)16(21)10-17-13(4)15-7-6-12(3)14-8-9-19(5)23-18(22-17)20(14,15)25-24-19/h11-18,21H,6-10H2,1-5H3/t12-,13-,14+,15+,16+,17-,18-,19-,20-/m1/s1. The zero-order valence-electron chi connectivity index (χ0n) is 16.2. The number of hydrogen-bond acceptors (Lipinski definition) is 5. The first-order valence-electron chi connectivity index (χ1n) is 10.1. The third-order valence-corrected chi connectivity index (χ3v) is 7.54. The van der Waals surface area contributed by atoms with Gasteiger partial charge in [-0.1, -0.05) is 27.7 Å². The van der Waals surface area contributed by atoms with Gasteiger partial charge in [0.1, 0.15) is 0 Å². The minimum absolute atomic E-state index is 0.00127. The van der Waals surface area contributed by atoms with Gasteiger partial charge in [0.25, 0.3) is 0 Å². The van der Waals surface area contributed by atoms with Gasteiger partial charge in [0, 0.05) is 18.8 Å². The van der Waals surface area contributed by atoms with Gasteiger partial charge in [0.2, 0.25) is 5.79 Å². The van der Waals surface area contributed by atoms with Gasteiger partial charge < -0.3 is 14.6 Å². The molecule has 5 nitrogen and oxygen atoms in total. The molecule has 2 bridgehead atoms. The molecule has 0 aromatic carbocycles. The van der Waals surface area contributed by atoms with Gasteiger partial charge >= 0.3 is 0 Å². The number of ether oxygens (including phenoxy) is 2. The van der Waals surface area contributed by atoms with Crippen LogP contribution in [0.5, 0.6) is 0 Å². The number of aliphatic hydroxyl groups is 1. The highest BCUT2D eigenvalue weighted by Crippen LogP contribution is 2.60. The molecule has 0 unspecified atom stereocenters. The Kier molecular flexibility index (Phi) is 4.48. The summed E-state index contributed by atoms with van der Waals surface area (Å²) in [5.74, 6) is 1.15. The molecule has 0 amide bonds. The smallest absolute Gasteiger partial charge is 0.201 e. The monoisotopic (exact) mass is 354 g/mol. The van der Waals surface area contributed by atoms with Crippen LogP contribution in [-0.2, 0) is 19.2 Å². The summed E-state index contributed by atoms with van der Waals surface area (Å²) in [5.41, 5.74) is -0.494. The Labute approximate surface area is 151 Å². The molecule has 5 aliphatic rings. The van der Waals surface area contributed by atoms with Crippen LogP contribution in [0.2, 0.25) is 0 Å². The van der Waals surface area contributed by atoms with Crippen LogP contribution in [0.3, 0.4) is 0 Å². The van der Waals surface area contributed by atoms with Gasteiger partial charge in [-0.05, 0) is 49.9 Å². The van der Waals surface area contributed by atoms with E-state index in [0.717, 1.165) is 19.3 Å². The number of fused-ring (bicyclic) bond motifs is 2. The molecule has 0 aromatic rings. The second-order valence-corrected chi connectivity index (χ2v) is 9.49. The van der Waals surface area contributed by atoms with E-state index in [9.17, 15) is 5.11 Å². The van der Waals surface area contributed by atoms with E-state index in [0.29, 0.717) is 30.1 Å². The molecule has 1 aliphatic carbocycles. The fourth-order valence-electron chi connectivity index (χ4n) is 5.76. The quantitative estimate of drug-likeness (QED) is 0.784. The first-order valence-corrected chi connectivity index (χ1v) is 10.1. The van der Waals surface area contributed by atoms with Crippen LogP contribution in [0.25, 0.3) is 0 Å². The second-order valence-electron chi connectivity index (χ2n) is 9.49. The minimum atomic E-state index is -0.723. The molecule has 9 atom stereocenters. The molecule has 144 valence electrons. The molecular weight excluding hydrogens is 320 g/mol. The Bertz CT molecular complexity index is 510. The van der Waals surface area contributed by atoms with E-state index in [1.165, 1.54) is 6.42 Å². The third kappa shape index (κ3) is 2.69. The van der Waals surface area contributed by atoms with Crippen molar-refractivity contribution >= 4 is 0 Å². The number of aliphatic hydroxyl groups excluding tert-OH is 1. The van der Waals surface area contributed by atoms with Crippen molar-refractivity contribution < 1.29 is 24.4 Å². The fourth-order valence-corrected chi connectivity index (χ4v) is 5.76. The summed E-state index contributed by atoms with van der Waals surface area (Å²) < 4.78 is 12.8. The van der Waals surface area contributed by atoms with E-state index >= 15 is 0 Å². The molecule has 4 heterocycles. The highest BCUT2D eigenvalue weighted by Gasteiger charge is 2.69. The molecule has 1 saturated carbocycles. The SMILES string of the molecule is CC(C)[C@@H](O)C[C@H]1O[C@@H]2O[C@@]3(C)CC[C@H]4[C@H](C)CC[C@@H]([C@H]1C)[C@@]24OO3. The van der Waals surface area contributed by atoms with E-state index in [-0.39, 0.29) is 18.1 Å². The summed E-state index contributed by atoms with van der Waals surface area (Å²) in [5, 5.41) is 10.4. The van der Waals surface area contributed by atoms with E-state index < -0.39 is 17.7 Å². The Hall–Kier alpha value is -0.200. The maximum absolute atomic E-state index is 10.4. The van der Waals surface area contributed by atoms with Gasteiger partial charge in [-0.15, -0.1) is 0 Å². The second kappa shape index (κ2) is 6.16. The van der Waals surface area contributed by atoms with Crippen molar-refractivity contribution in [1.82, 2.24) is 0 Å². The molecule has 5 fully saturated rings. The van der Waals surface area contributed by atoms with E-state index in [1.54, 1.807) is 0 Å². The fraction of sp³-hybridized carbons (Fsp3) is 1.00. The molecule has 25 heavy (non-hydrogen) atoms. The van der Waals surface area contributed by atoms with Crippen LogP contribution >= 0.6 is 0 Å². The van der Waals surface area contributed by atoms with Gasteiger partial charge in [-0.25, -0.2) is 9.78 Å². The largest absolute Gasteiger partial charge is 0.393 e. The first-order chi connectivity index (χ1) is 11.8. The van der Waals surface area contributed by atoms with Crippen LogP contribution < -0.4 is 0 Å². The normalized spacial score (nSPS) is 53.4. The maximum Gasteiger partial charge on any atom is 0.201 e. The predicted octanol–water partition coefficient (Wildman–Crippen LogP) is 3.64. The summed E-state index contributed by atoms with van der Waals surface area (Å²) in [7, 11) is 0. The lowest BCUT2D eigenvalue weighted by Crippen LogP contribution is -2.70. The first kappa shape index (κ1) is 18.2. The molecule has 4 aliphatic heterocycles. The lowest BCUT2D eigenvalue weighted by Gasteiger charge is -2.60. The predicted molar refractivity (Wildman–Crippen MR) is 92.3 cm³/mol. The molecule has 1 spiro atoms. The van der Waals surface area contributed by atoms with Crippen molar-refractivity contribution in [2.45, 2.75) is 96.6 Å². The topological polar surface area (TPSA) is 57.2 Å². The Morgan fingerprint density at radius 2 is 1.84 bits per heavy atom. The lowest BCUT2D eigenvalue weighted by molar-refractivity contribution is -0.571. The summed E-state index contributed by atoms with van der Waals surface area (Å²) in [4.78, 5) is 12.0. The molecule has 0 aromatic heterocycles. The van der Waals surface area contributed by atoms with E-state index in [4.69, 9.17) is 19.2 Å². The molecule has 5 heteroatoms. The Morgan fingerprint density at radius 1 is 1.08 bits per heavy atom. The highest BCUT2D eigenvalue weighted by molar-refractivity contribution is 5.09. The van der Waals surface area contributed by atoms with Crippen molar-refractivity contribution in [1.29, 1.82) is 0 Å². The number of rotatable bonds is 3. The van der Waals surface area contributed by atoms with Crippen LogP contribution in [0.4, 0.5) is 0 Å². The Morgan fingerprint density at radius 3 is 2.56 bits per heavy atom. The molecular formula is C20H34O5. The summed E-state index contributed by atoms with van der Waals surface area (Å²) in [6, 6.07) is 0. The van der Waals surface area contributed by atoms with Crippen LogP contribution in [0.1, 0.15) is 66.7 Å². The van der Waals surface area contributed by atoms with Gasteiger partial charge in [-0.2, -0.15) is 0 Å². The van der Waals surface area contributed by atoms with Crippen molar-refractivity contribution in [2.24, 2.45) is 29.6 Å². The summed E-state index contributed by atoms with van der Waals surface area (Å²) in [6.45, 7) is 10.6. The average Bonchev–Trinajstić information content (AvgIpc) is 2.78. The van der Waals surface area contributed by atoms with Crippen LogP contribution in [0.15, 0.2) is 0 Å². The average molecular weight is 354 g/mol.